The molecule has 5 heteroatoms. The fraction of sp³-hybridized carbons (Fsp3) is 0.462. The molecule has 0 amide bonds. The molecular formula is C13H19N3O2. The van der Waals surface area contributed by atoms with E-state index in [4.69, 9.17) is 5.11 Å². The van der Waals surface area contributed by atoms with Crippen molar-refractivity contribution in [1.29, 1.82) is 0 Å². The van der Waals surface area contributed by atoms with E-state index < -0.39 is 5.97 Å². The molecule has 0 unspecified atom stereocenters. The predicted molar refractivity (Wildman–Crippen MR) is 70.0 cm³/mol. The van der Waals surface area contributed by atoms with Crippen molar-refractivity contribution >= 4 is 11.7 Å². The van der Waals surface area contributed by atoms with Crippen LogP contribution in [0.15, 0.2) is 34.6 Å². The summed E-state index contributed by atoms with van der Waals surface area (Å²) in [6, 6.07) is 7.01. The molecule has 0 atom stereocenters. The highest BCUT2D eigenvalue weighted by Crippen LogP contribution is 2.20. The van der Waals surface area contributed by atoms with E-state index in [2.05, 4.69) is 10.3 Å². The number of nitrogens with zero attached hydrogens (tertiary/aromatic N) is 3. The Morgan fingerprint density at radius 1 is 1.17 bits per heavy atom. The van der Waals surface area contributed by atoms with Gasteiger partial charge in [-0.05, 0) is 39.8 Å². The molecule has 98 valence electrons. The van der Waals surface area contributed by atoms with Gasteiger partial charge in [0.2, 0.25) is 0 Å². The zero-order chi connectivity index (χ0) is 13.7. The Morgan fingerprint density at radius 2 is 1.72 bits per heavy atom. The standard InChI is InChI=1S/C13H19N3O2/c1-9(2)16(10(3)4)15-14-12-8-6-5-7-11(12)13(17)18/h5-10H,1-4H3,(H,17,18). The van der Waals surface area contributed by atoms with Crippen LogP contribution in [-0.2, 0) is 0 Å². The van der Waals surface area contributed by atoms with E-state index in [-0.39, 0.29) is 17.6 Å². The molecule has 0 aliphatic carbocycles. The average molecular weight is 249 g/mol. The smallest absolute Gasteiger partial charge is 0.337 e. The summed E-state index contributed by atoms with van der Waals surface area (Å²) in [7, 11) is 0. The van der Waals surface area contributed by atoms with Gasteiger partial charge in [0, 0.05) is 12.1 Å². The van der Waals surface area contributed by atoms with Crippen molar-refractivity contribution in [2.75, 3.05) is 0 Å². The summed E-state index contributed by atoms with van der Waals surface area (Å²) in [5.74, 6) is -0.995. The summed E-state index contributed by atoms with van der Waals surface area (Å²) in [6.07, 6.45) is 0. The molecule has 0 aliphatic heterocycles. The molecule has 18 heavy (non-hydrogen) atoms. The topological polar surface area (TPSA) is 65.3 Å². The maximum atomic E-state index is 11.0. The number of hydrogen-bond donors (Lipinski definition) is 1. The Balaban J connectivity index is 2.99. The number of rotatable bonds is 5. The van der Waals surface area contributed by atoms with E-state index in [9.17, 15) is 4.79 Å². The zero-order valence-electron chi connectivity index (χ0n) is 11.2. The molecule has 0 bridgehead atoms. The van der Waals surface area contributed by atoms with Crippen LogP contribution in [0.3, 0.4) is 0 Å². The normalized spacial score (nSPS) is 11.4. The van der Waals surface area contributed by atoms with Gasteiger partial charge in [-0.15, -0.1) is 5.11 Å². The number of carboxylic acids is 1. The molecule has 0 saturated heterocycles. The van der Waals surface area contributed by atoms with Crippen molar-refractivity contribution < 1.29 is 9.90 Å². The Morgan fingerprint density at radius 3 is 2.22 bits per heavy atom. The summed E-state index contributed by atoms with van der Waals surface area (Å²) in [6.45, 7) is 8.06. The summed E-state index contributed by atoms with van der Waals surface area (Å²) in [5, 5.41) is 19.0. The predicted octanol–water partition coefficient (Wildman–Crippen LogP) is 3.50. The van der Waals surface area contributed by atoms with Gasteiger partial charge in [0.15, 0.2) is 0 Å². The Labute approximate surface area is 107 Å². The van der Waals surface area contributed by atoms with Crippen molar-refractivity contribution in [3.63, 3.8) is 0 Å². The molecule has 0 spiro atoms. The van der Waals surface area contributed by atoms with Crippen LogP contribution in [0.25, 0.3) is 0 Å². The largest absolute Gasteiger partial charge is 0.478 e. The lowest BCUT2D eigenvalue weighted by Gasteiger charge is -2.25. The summed E-state index contributed by atoms with van der Waals surface area (Å²) >= 11 is 0. The molecule has 1 rings (SSSR count). The third-order valence-corrected chi connectivity index (χ3v) is 2.45. The van der Waals surface area contributed by atoms with Crippen LogP contribution in [0.2, 0.25) is 0 Å². The fourth-order valence-electron chi connectivity index (χ4n) is 1.64. The summed E-state index contributed by atoms with van der Waals surface area (Å²) in [5.41, 5.74) is 0.532. The van der Waals surface area contributed by atoms with E-state index in [0.29, 0.717) is 5.69 Å². The first kappa shape index (κ1) is 14.2. The fourth-order valence-corrected chi connectivity index (χ4v) is 1.64. The Bertz CT molecular complexity index is 434. The second-order valence-electron chi connectivity index (χ2n) is 4.58. The highest BCUT2D eigenvalue weighted by molar-refractivity contribution is 5.93. The van der Waals surface area contributed by atoms with Crippen molar-refractivity contribution in [2.24, 2.45) is 10.3 Å². The lowest BCUT2D eigenvalue weighted by atomic mass is 10.2. The van der Waals surface area contributed by atoms with Gasteiger partial charge >= 0.3 is 5.97 Å². The van der Waals surface area contributed by atoms with Gasteiger partial charge in [0.1, 0.15) is 5.69 Å². The SMILES string of the molecule is CC(C)N(N=Nc1ccccc1C(=O)O)C(C)C. The van der Waals surface area contributed by atoms with E-state index in [1.165, 1.54) is 6.07 Å². The number of hydrogen-bond acceptors (Lipinski definition) is 3. The van der Waals surface area contributed by atoms with Gasteiger partial charge in [0.05, 0.1) is 5.56 Å². The molecule has 0 aliphatic rings. The molecule has 1 N–H and O–H groups in total. The highest BCUT2D eigenvalue weighted by atomic mass is 16.4. The summed E-state index contributed by atoms with van der Waals surface area (Å²) in [4.78, 5) is 11.0. The molecule has 0 fully saturated rings. The van der Waals surface area contributed by atoms with E-state index >= 15 is 0 Å². The quantitative estimate of drug-likeness (QED) is 0.641. The average Bonchev–Trinajstić information content (AvgIpc) is 2.28. The second-order valence-corrected chi connectivity index (χ2v) is 4.58. The molecule has 0 radical (unpaired) electrons. The number of aromatic carboxylic acids is 1. The van der Waals surface area contributed by atoms with Crippen LogP contribution >= 0.6 is 0 Å². The van der Waals surface area contributed by atoms with Gasteiger partial charge in [-0.25, -0.2) is 4.79 Å². The van der Waals surface area contributed by atoms with Gasteiger partial charge in [-0.1, -0.05) is 17.4 Å². The molecule has 1 aromatic rings. The molecule has 0 heterocycles. The van der Waals surface area contributed by atoms with Gasteiger partial charge in [-0.2, -0.15) is 0 Å². The molecule has 1 aromatic carbocycles. The van der Waals surface area contributed by atoms with Crippen LogP contribution in [0.4, 0.5) is 5.69 Å². The first-order chi connectivity index (χ1) is 8.43. The Hall–Kier alpha value is -1.91. The third kappa shape index (κ3) is 3.55. The lowest BCUT2D eigenvalue weighted by molar-refractivity contribution is 0.0697. The molecule has 0 saturated carbocycles. The van der Waals surface area contributed by atoms with Crippen LogP contribution in [-0.4, -0.2) is 28.2 Å². The summed E-state index contributed by atoms with van der Waals surface area (Å²) < 4.78 is 0. The monoisotopic (exact) mass is 249 g/mol. The number of carbonyl (C=O) groups is 1. The minimum atomic E-state index is -0.995. The van der Waals surface area contributed by atoms with Gasteiger partial charge in [0.25, 0.3) is 0 Å². The third-order valence-electron chi connectivity index (χ3n) is 2.45. The molecular weight excluding hydrogens is 230 g/mol. The van der Waals surface area contributed by atoms with E-state index in [0.717, 1.165) is 0 Å². The van der Waals surface area contributed by atoms with E-state index in [1.54, 1.807) is 18.2 Å². The molecule has 5 nitrogen and oxygen atoms in total. The maximum Gasteiger partial charge on any atom is 0.337 e. The van der Waals surface area contributed by atoms with Crippen molar-refractivity contribution in [3.8, 4) is 0 Å². The second kappa shape index (κ2) is 6.14. The first-order valence-corrected chi connectivity index (χ1v) is 5.95. The van der Waals surface area contributed by atoms with Crippen molar-refractivity contribution in [2.45, 2.75) is 39.8 Å². The van der Waals surface area contributed by atoms with Gasteiger partial charge < -0.3 is 5.11 Å². The minimum absolute atomic E-state index is 0.161. The van der Waals surface area contributed by atoms with Crippen LogP contribution < -0.4 is 0 Å². The highest BCUT2D eigenvalue weighted by Gasteiger charge is 2.12. The number of benzene rings is 1. The van der Waals surface area contributed by atoms with Crippen molar-refractivity contribution in [3.05, 3.63) is 29.8 Å². The lowest BCUT2D eigenvalue weighted by Crippen LogP contribution is -2.31. The zero-order valence-corrected chi connectivity index (χ0v) is 11.2. The van der Waals surface area contributed by atoms with Crippen LogP contribution in [0, 0.1) is 0 Å². The number of carboxylic acid groups (broad SMARTS) is 1. The molecule has 0 aromatic heterocycles. The Kier molecular flexibility index (Phi) is 4.83. The van der Waals surface area contributed by atoms with Crippen molar-refractivity contribution in [1.82, 2.24) is 5.01 Å². The maximum absolute atomic E-state index is 11.0. The van der Waals surface area contributed by atoms with Crippen LogP contribution in [0.1, 0.15) is 38.1 Å². The first-order valence-electron chi connectivity index (χ1n) is 5.95. The van der Waals surface area contributed by atoms with Crippen LogP contribution in [0.5, 0.6) is 0 Å². The minimum Gasteiger partial charge on any atom is -0.478 e. The van der Waals surface area contributed by atoms with Gasteiger partial charge in [-0.3, -0.25) is 5.01 Å². The van der Waals surface area contributed by atoms with E-state index in [1.807, 2.05) is 32.7 Å².